The summed E-state index contributed by atoms with van der Waals surface area (Å²) in [6.45, 7) is 3.21. The van der Waals surface area contributed by atoms with Gasteiger partial charge in [0.2, 0.25) is 0 Å². The van der Waals surface area contributed by atoms with Crippen molar-refractivity contribution in [3.63, 3.8) is 0 Å². The van der Waals surface area contributed by atoms with Gasteiger partial charge in [0.25, 0.3) is 5.91 Å². The Bertz CT molecular complexity index is 666. The van der Waals surface area contributed by atoms with Crippen LogP contribution in [0.2, 0.25) is 5.15 Å². The molecule has 4 nitrogen and oxygen atoms in total. The average Bonchev–Trinajstić information content (AvgIpc) is 2.86. The second-order valence-corrected chi connectivity index (χ2v) is 5.68. The molecule has 20 heavy (non-hydrogen) atoms. The van der Waals surface area contributed by atoms with Crippen molar-refractivity contribution >= 4 is 28.3 Å². The van der Waals surface area contributed by atoms with Crippen molar-refractivity contribution in [3.8, 4) is 0 Å². The second-order valence-electron chi connectivity index (χ2n) is 5.33. The Morgan fingerprint density at radius 2 is 2.15 bits per heavy atom. The number of nitrogens with zero attached hydrogens (tertiary/aromatic N) is 1. The van der Waals surface area contributed by atoms with Gasteiger partial charge in [0.1, 0.15) is 5.15 Å². The molecular weight excluding hydrogens is 276 g/mol. The molecule has 1 aliphatic rings. The first-order valence-electron chi connectivity index (χ1n) is 6.53. The van der Waals surface area contributed by atoms with Crippen LogP contribution in [0, 0.1) is 0 Å². The summed E-state index contributed by atoms with van der Waals surface area (Å²) >= 11 is 6.07. The van der Waals surface area contributed by atoms with Gasteiger partial charge in [-0.15, -0.1) is 0 Å². The fraction of sp³-hybridized carbons (Fsp3) is 0.333. The Kier molecular flexibility index (Phi) is 3.36. The molecule has 0 aliphatic carbocycles. The molecule has 1 aromatic carbocycles. The van der Waals surface area contributed by atoms with Crippen LogP contribution in [0.5, 0.6) is 0 Å². The summed E-state index contributed by atoms with van der Waals surface area (Å²) in [7, 11) is 0. The van der Waals surface area contributed by atoms with Crippen LogP contribution in [-0.4, -0.2) is 29.6 Å². The lowest BCUT2D eigenvalue weighted by Gasteiger charge is -2.23. The Hall–Kier alpha value is -1.65. The number of hydrogen-bond donors (Lipinski definition) is 1. The topological polar surface area (TPSA) is 51.2 Å². The van der Waals surface area contributed by atoms with Gasteiger partial charge in [-0.25, -0.2) is 4.98 Å². The fourth-order valence-electron chi connectivity index (χ4n) is 2.45. The number of nitrogens with one attached hydrogen (secondary N) is 1. The summed E-state index contributed by atoms with van der Waals surface area (Å²) in [4.78, 5) is 16.6. The van der Waals surface area contributed by atoms with Crippen molar-refractivity contribution in [3.05, 3.63) is 41.2 Å². The van der Waals surface area contributed by atoms with Gasteiger partial charge in [-0.2, -0.15) is 0 Å². The Labute approximate surface area is 122 Å². The van der Waals surface area contributed by atoms with E-state index in [4.69, 9.17) is 16.3 Å². The number of carbonyl (C=O) groups is 1. The molecule has 104 valence electrons. The number of ether oxygens (including phenoxy) is 1. The van der Waals surface area contributed by atoms with Gasteiger partial charge in [0.15, 0.2) is 0 Å². The molecule has 3 rings (SSSR count). The second kappa shape index (κ2) is 5.04. The number of rotatable bonds is 2. The van der Waals surface area contributed by atoms with Gasteiger partial charge in [0.05, 0.1) is 17.7 Å². The first-order valence-corrected chi connectivity index (χ1v) is 6.90. The zero-order valence-electron chi connectivity index (χ0n) is 11.1. The monoisotopic (exact) mass is 290 g/mol. The van der Waals surface area contributed by atoms with Gasteiger partial charge in [0, 0.05) is 18.2 Å². The molecule has 1 atom stereocenters. The van der Waals surface area contributed by atoms with Crippen molar-refractivity contribution < 1.29 is 9.53 Å². The Morgan fingerprint density at radius 1 is 1.40 bits per heavy atom. The lowest BCUT2D eigenvalue weighted by molar-refractivity contribution is 0.0891. The van der Waals surface area contributed by atoms with E-state index >= 15 is 0 Å². The molecule has 0 saturated carbocycles. The van der Waals surface area contributed by atoms with E-state index in [1.807, 2.05) is 31.2 Å². The zero-order valence-corrected chi connectivity index (χ0v) is 11.9. The molecule has 1 fully saturated rings. The minimum Gasteiger partial charge on any atom is -0.379 e. The molecule has 1 unspecified atom stereocenters. The highest BCUT2D eigenvalue weighted by molar-refractivity contribution is 6.34. The van der Waals surface area contributed by atoms with E-state index in [-0.39, 0.29) is 11.4 Å². The lowest BCUT2D eigenvalue weighted by Crippen LogP contribution is -2.46. The maximum Gasteiger partial charge on any atom is 0.253 e. The molecule has 5 heteroatoms. The van der Waals surface area contributed by atoms with E-state index in [2.05, 4.69) is 10.3 Å². The maximum absolute atomic E-state index is 12.5. The van der Waals surface area contributed by atoms with E-state index in [9.17, 15) is 4.79 Å². The van der Waals surface area contributed by atoms with Crippen LogP contribution in [0.1, 0.15) is 23.7 Å². The van der Waals surface area contributed by atoms with Crippen molar-refractivity contribution in [1.82, 2.24) is 10.3 Å². The summed E-state index contributed by atoms with van der Waals surface area (Å²) in [5, 5.41) is 5.05. The molecule has 2 aromatic rings. The number of fused-ring (bicyclic) bond motifs is 1. The number of benzene rings is 1. The number of halogens is 1. The zero-order chi connectivity index (χ0) is 14.2. The van der Waals surface area contributed by atoms with Crippen molar-refractivity contribution in [1.29, 1.82) is 0 Å². The number of pyridine rings is 1. The highest BCUT2D eigenvalue weighted by Crippen LogP contribution is 2.25. The van der Waals surface area contributed by atoms with Gasteiger partial charge in [-0.3, -0.25) is 4.79 Å². The molecule has 1 amide bonds. The third-order valence-electron chi connectivity index (χ3n) is 3.63. The first kappa shape index (κ1) is 13.3. The quantitative estimate of drug-likeness (QED) is 0.865. The number of carbonyl (C=O) groups excluding carboxylic acids is 1. The van der Waals surface area contributed by atoms with Gasteiger partial charge >= 0.3 is 0 Å². The highest BCUT2D eigenvalue weighted by Gasteiger charge is 2.32. The Balaban J connectivity index is 1.98. The van der Waals surface area contributed by atoms with Crippen LogP contribution in [-0.2, 0) is 4.74 Å². The van der Waals surface area contributed by atoms with Crippen molar-refractivity contribution in [2.24, 2.45) is 0 Å². The van der Waals surface area contributed by atoms with Crippen molar-refractivity contribution in [2.75, 3.05) is 13.2 Å². The normalized spacial score (nSPS) is 22.1. The number of amides is 1. The van der Waals surface area contributed by atoms with E-state index in [0.717, 1.165) is 17.2 Å². The molecule has 1 aromatic heterocycles. The van der Waals surface area contributed by atoms with Gasteiger partial charge in [-0.05, 0) is 18.7 Å². The third-order valence-corrected chi connectivity index (χ3v) is 3.93. The van der Waals surface area contributed by atoms with Crippen LogP contribution in [0.15, 0.2) is 30.5 Å². The first-order chi connectivity index (χ1) is 9.59. The van der Waals surface area contributed by atoms with Crippen LogP contribution in [0.25, 0.3) is 10.8 Å². The smallest absolute Gasteiger partial charge is 0.253 e. The van der Waals surface area contributed by atoms with E-state index < -0.39 is 0 Å². The van der Waals surface area contributed by atoms with E-state index in [1.54, 1.807) is 0 Å². The minimum atomic E-state index is -0.308. The predicted octanol–water partition coefficient (Wildman–Crippen LogP) is 2.80. The molecule has 0 bridgehead atoms. The standard InChI is InChI=1S/C15H15ClN2O2/c1-15(6-7-20-9-15)18-14(19)12-8-17-13(16)11-5-3-2-4-10(11)12/h2-5,8H,6-7,9H2,1H3,(H,18,19). The molecule has 1 N–H and O–H groups in total. The SMILES string of the molecule is CC1(NC(=O)c2cnc(Cl)c3ccccc23)CCOC1. The van der Waals surface area contributed by atoms with Crippen LogP contribution >= 0.6 is 11.6 Å². The molecule has 1 aliphatic heterocycles. The van der Waals surface area contributed by atoms with E-state index in [0.29, 0.717) is 23.9 Å². The molecule has 1 saturated heterocycles. The van der Waals surface area contributed by atoms with Crippen LogP contribution in [0.4, 0.5) is 0 Å². The summed E-state index contributed by atoms with van der Waals surface area (Å²) in [6.07, 6.45) is 2.34. The molecule has 0 spiro atoms. The molecule has 2 heterocycles. The lowest BCUT2D eigenvalue weighted by atomic mass is 10.0. The summed E-state index contributed by atoms with van der Waals surface area (Å²) in [5.41, 5.74) is 0.232. The van der Waals surface area contributed by atoms with Crippen LogP contribution in [0.3, 0.4) is 0 Å². The van der Waals surface area contributed by atoms with Gasteiger partial charge in [-0.1, -0.05) is 35.9 Å². The largest absolute Gasteiger partial charge is 0.379 e. The average molecular weight is 291 g/mol. The summed E-state index contributed by atoms with van der Waals surface area (Å²) in [6, 6.07) is 7.51. The van der Waals surface area contributed by atoms with Gasteiger partial charge < -0.3 is 10.1 Å². The number of aromatic nitrogens is 1. The maximum atomic E-state index is 12.5. The minimum absolute atomic E-state index is 0.140. The molecular formula is C15H15ClN2O2. The predicted molar refractivity (Wildman–Crippen MR) is 78.1 cm³/mol. The Morgan fingerprint density at radius 3 is 2.85 bits per heavy atom. The van der Waals surface area contributed by atoms with Crippen molar-refractivity contribution in [2.45, 2.75) is 18.9 Å². The van der Waals surface area contributed by atoms with Crippen LogP contribution < -0.4 is 5.32 Å². The third kappa shape index (κ3) is 2.37. The van der Waals surface area contributed by atoms with E-state index in [1.165, 1.54) is 6.20 Å². The number of hydrogen-bond acceptors (Lipinski definition) is 3. The highest BCUT2D eigenvalue weighted by atomic mass is 35.5. The summed E-state index contributed by atoms with van der Waals surface area (Å²) in [5.74, 6) is -0.140. The summed E-state index contributed by atoms with van der Waals surface area (Å²) < 4.78 is 5.35. The molecule has 0 radical (unpaired) electrons. The fourth-order valence-corrected chi connectivity index (χ4v) is 2.66.